The van der Waals surface area contributed by atoms with Gasteiger partial charge in [0.2, 0.25) is 0 Å². The van der Waals surface area contributed by atoms with Gasteiger partial charge < -0.3 is 5.32 Å². The third-order valence-corrected chi connectivity index (χ3v) is 3.97. The smallest absolute Gasteiger partial charge is 0.0897 e. The van der Waals surface area contributed by atoms with Gasteiger partial charge in [0, 0.05) is 24.2 Å². The minimum atomic E-state index is 0.332. The standard InChI is InChI=1S/C13H20N4S/c1-9-5-15-17(7-9)11(3)10(2)14-6-13-8-18-12(4)16-13/h5,7-8,10-11,14H,6H2,1-4H3/t10-,11+/m0/s1. The summed E-state index contributed by atoms with van der Waals surface area (Å²) in [6.07, 6.45) is 3.98. The summed E-state index contributed by atoms with van der Waals surface area (Å²) in [4.78, 5) is 4.45. The van der Waals surface area contributed by atoms with Crippen LogP contribution in [0.15, 0.2) is 17.8 Å². The van der Waals surface area contributed by atoms with E-state index in [2.05, 4.69) is 47.7 Å². The van der Waals surface area contributed by atoms with Crippen LogP contribution in [0.4, 0.5) is 0 Å². The molecule has 4 nitrogen and oxygen atoms in total. The van der Waals surface area contributed by atoms with E-state index >= 15 is 0 Å². The van der Waals surface area contributed by atoms with Crippen LogP contribution in [0.1, 0.15) is 36.2 Å². The Hall–Kier alpha value is -1.20. The maximum Gasteiger partial charge on any atom is 0.0897 e. The van der Waals surface area contributed by atoms with Crippen molar-refractivity contribution < 1.29 is 0 Å². The highest BCUT2D eigenvalue weighted by Gasteiger charge is 2.14. The minimum Gasteiger partial charge on any atom is -0.306 e. The third-order valence-electron chi connectivity index (χ3n) is 3.14. The summed E-state index contributed by atoms with van der Waals surface area (Å²) >= 11 is 1.70. The third kappa shape index (κ3) is 3.17. The summed E-state index contributed by atoms with van der Waals surface area (Å²) in [5.74, 6) is 0. The lowest BCUT2D eigenvalue weighted by molar-refractivity contribution is 0.364. The molecule has 5 heteroatoms. The summed E-state index contributed by atoms with van der Waals surface area (Å²) < 4.78 is 2.01. The van der Waals surface area contributed by atoms with E-state index in [0.717, 1.165) is 17.2 Å². The second-order valence-corrected chi connectivity index (χ2v) is 5.83. The Morgan fingerprint density at radius 3 is 2.72 bits per heavy atom. The first kappa shape index (κ1) is 13.2. The quantitative estimate of drug-likeness (QED) is 0.903. The molecule has 0 aliphatic carbocycles. The van der Waals surface area contributed by atoms with Crippen molar-refractivity contribution in [1.29, 1.82) is 0 Å². The van der Waals surface area contributed by atoms with Crippen molar-refractivity contribution in [1.82, 2.24) is 20.1 Å². The van der Waals surface area contributed by atoms with E-state index in [0.29, 0.717) is 12.1 Å². The van der Waals surface area contributed by atoms with E-state index < -0.39 is 0 Å². The molecule has 0 saturated carbocycles. The first-order valence-electron chi connectivity index (χ1n) is 6.21. The van der Waals surface area contributed by atoms with Gasteiger partial charge in [-0.05, 0) is 33.3 Å². The second kappa shape index (κ2) is 5.63. The number of hydrogen-bond acceptors (Lipinski definition) is 4. The predicted octanol–water partition coefficient (Wildman–Crippen LogP) is 2.70. The second-order valence-electron chi connectivity index (χ2n) is 4.77. The average Bonchev–Trinajstić information content (AvgIpc) is 2.94. The van der Waals surface area contributed by atoms with Crippen LogP contribution in [0, 0.1) is 13.8 Å². The van der Waals surface area contributed by atoms with Crippen molar-refractivity contribution in [3.8, 4) is 0 Å². The Balaban J connectivity index is 1.89. The van der Waals surface area contributed by atoms with Gasteiger partial charge in [0.15, 0.2) is 0 Å². The highest BCUT2D eigenvalue weighted by Crippen LogP contribution is 2.12. The Kier molecular flexibility index (Phi) is 4.14. The number of aromatic nitrogens is 3. The number of hydrogen-bond donors (Lipinski definition) is 1. The van der Waals surface area contributed by atoms with Gasteiger partial charge in [0.05, 0.1) is 22.9 Å². The van der Waals surface area contributed by atoms with Crippen molar-refractivity contribution in [2.45, 2.75) is 46.3 Å². The summed E-state index contributed by atoms with van der Waals surface area (Å²) in [5.41, 5.74) is 2.32. The van der Waals surface area contributed by atoms with Crippen molar-refractivity contribution in [2.75, 3.05) is 0 Å². The zero-order chi connectivity index (χ0) is 13.1. The fourth-order valence-corrected chi connectivity index (χ4v) is 2.42. The maximum atomic E-state index is 4.45. The van der Waals surface area contributed by atoms with Gasteiger partial charge in [-0.2, -0.15) is 5.10 Å². The predicted molar refractivity (Wildman–Crippen MR) is 74.8 cm³/mol. The molecule has 0 aliphatic rings. The van der Waals surface area contributed by atoms with Crippen molar-refractivity contribution in [3.63, 3.8) is 0 Å². The molecule has 0 fully saturated rings. The summed E-state index contributed by atoms with van der Waals surface area (Å²) in [6, 6.07) is 0.685. The van der Waals surface area contributed by atoms with Gasteiger partial charge in [-0.15, -0.1) is 11.3 Å². The molecule has 2 atom stereocenters. The Morgan fingerprint density at radius 2 is 2.17 bits per heavy atom. The highest BCUT2D eigenvalue weighted by atomic mass is 32.1. The highest BCUT2D eigenvalue weighted by molar-refractivity contribution is 7.09. The van der Waals surface area contributed by atoms with E-state index in [1.165, 1.54) is 5.56 Å². The molecule has 2 rings (SSSR count). The molecule has 0 spiro atoms. The zero-order valence-corrected chi connectivity index (χ0v) is 12.2. The average molecular weight is 264 g/mol. The van der Waals surface area contributed by atoms with Crippen molar-refractivity contribution in [2.24, 2.45) is 0 Å². The van der Waals surface area contributed by atoms with Crippen LogP contribution >= 0.6 is 11.3 Å². The lowest BCUT2D eigenvalue weighted by Gasteiger charge is -2.21. The van der Waals surface area contributed by atoms with E-state index in [1.807, 2.05) is 17.8 Å². The lowest BCUT2D eigenvalue weighted by atomic mass is 10.1. The number of nitrogens with zero attached hydrogens (tertiary/aromatic N) is 3. The first-order valence-corrected chi connectivity index (χ1v) is 7.09. The number of aryl methyl sites for hydroxylation is 2. The Labute approximate surface area is 112 Å². The summed E-state index contributed by atoms with van der Waals surface area (Å²) in [6.45, 7) is 9.27. The van der Waals surface area contributed by atoms with E-state index in [1.54, 1.807) is 11.3 Å². The molecule has 2 aromatic rings. The van der Waals surface area contributed by atoms with E-state index in [4.69, 9.17) is 0 Å². The Morgan fingerprint density at radius 1 is 1.39 bits per heavy atom. The molecule has 0 radical (unpaired) electrons. The SMILES string of the molecule is Cc1cnn([C@H](C)[C@H](C)NCc2csc(C)n2)c1. The molecular formula is C13H20N4S. The molecule has 1 N–H and O–H groups in total. The van der Waals surface area contributed by atoms with Gasteiger partial charge in [-0.25, -0.2) is 4.98 Å². The molecular weight excluding hydrogens is 244 g/mol. The van der Waals surface area contributed by atoms with E-state index in [-0.39, 0.29) is 0 Å². The van der Waals surface area contributed by atoms with Gasteiger partial charge in [-0.1, -0.05) is 0 Å². The van der Waals surface area contributed by atoms with Crippen LogP contribution in [0.25, 0.3) is 0 Å². The molecule has 0 unspecified atom stereocenters. The van der Waals surface area contributed by atoms with Crippen molar-refractivity contribution >= 4 is 11.3 Å². The molecule has 0 aliphatic heterocycles. The number of nitrogens with one attached hydrogen (secondary N) is 1. The Bertz CT molecular complexity index is 503. The molecule has 0 saturated heterocycles. The monoisotopic (exact) mass is 264 g/mol. The molecule has 0 bridgehead atoms. The minimum absolute atomic E-state index is 0.332. The van der Waals surface area contributed by atoms with Gasteiger partial charge >= 0.3 is 0 Å². The molecule has 18 heavy (non-hydrogen) atoms. The zero-order valence-electron chi connectivity index (χ0n) is 11.3. The lowest BCUT2D eigenvalue weighted by Crippen LogP contribution is -2.33. The summed E-state index contributed by atoms with van der Waals surface area (Å²) in [7, 11) is 0. The maximum absolute atomic E-state index is 4.45. The molecule has 0 amide bonds. The first-order chi connectivity index (χ1) is 8.56. The van der Waals surface area contributed by atoms with Crippen molar-refractivity contribution in [3.05, 3.63) is 34.0 Å². The molecule has 0 aromatic carbocycles. The fraction of sp³-hybridized carbons (Fsp3) is 0.538. The van der Waals surface area contributed by atoms with Crippen LogP contribution in [0.2, 0.25) is 0 Å². The van der Waals surface area contributed by atoms with E-state index in [9.17, 15) is 0 Å². The van der Waals surface area contributed by atoms with Gasteiger partial charge in [0.25, 0.3) is 0 Å². The van der Waals surface area contributed by atoms with Crippen LogP contribution in [-0.2, 0) is 6.54 Å². The fourth-order valence-electron chi connectivity index (χ4n) is 1.81. The number of thiazole rings is 1. The van der Waals surface area contributed by atoms with Crippen LogP contribution in [-0.4, -0.2) is 20.8 Å². The molecule has 2 heterocycles. The summed E-state index contributed by atoms with van der Waals surface area (Å²) in [5, 5.41) is 11.1. The number of rotatable bonds is 5. The van der Waals surface area contributed by atoms with Crippen LogP contribution < -0.4 is 5.32 Å². The van der Waals surface area contributed by atoms with Crippen LogP contribution in [0.5, 0.6) is 0 Å². The molecule has 98 valence electrons. The topological polar surface area (TPSA) is 42.7 Å². The normalized spacial score (nSPS) is 14.7. The van der Waals surface area contributed by atoms with Crippen LogP contribution in [0.3, 0.4) is 0 Å². The largest absolute Gasteiger partial charge is 0.306 e. The van der Waals surface area contributed by atoms with Gasteiger partial charge in [0.1, 0.15) is 0 Å². The van der Waals surface area contributed by atoms with Gasteiger partial charge in [-0.3, -0.25) is 4.68 Å². The molecule has 2 aromatic heterocycles.